The first-order valence-electron chi connectivity index (χ1n) is 9.14. The van der Waals surface area contributed by atoms with Crippen LogP contribution in [0, 0.1) is 0 Å². The number of rotatable bonds is 9. The summed E-state index contributed by atoms with van der Waals surface area (Å²) in [5.41, 5.74) is 6.01. The van der Waals surface area contributed by atoms with E-state index in [1.54, 1.807) is 5.57 Å². The summed E-state index contributed by atoms with van der Waals surface area (Å²) in [6.07, 6.45) is 11.2. The Morgan fingerprint density at radius 3 is 1.74 bits per heavy atom. The molecule has 0 saturated carbocycles. The largest absolute Gasteiger partial charge is 2.00 e. The van der Waals surface area contributed by atoms with Gasteiger partial charge in [-0.15, -0.1) is 7.92 Å². The first-order chi connectivity index (χ1) is 10.3. The van der Waals surface area contributed by atoms with E-state index in [0.717, 1.165) is 28.3 Å². The van der Waals surface area contributed by atoms with Crippen LogP contribution in [0.25, 0.3) is 0 Å². The average molecular weight is 399 g/mol. The third kappa shape index (κ3) is 7.31. The van der Waals surface area contributed by atoms with Gasteiger partial charge in [-0.3, -0.25) is 0 Å². The summed E-state index contributed by atoms with van der Waals surface area (Å²) in [6, 6.07) is 0. The van der Waals surface area contributed by atoms with Gasteiger partial charge in [-0.25, -0.2) is 0 Å². The van der Waals surface area contributed by atoms with Crippen LogP contribution in [0.2, 0.25) is 0 Å². The molecular weight excluding hydrogens is 361 g/mol. The molecule has 23 heavy (non-hydrogen) atoms. The fourth-order valence-electron chi connectivity index (χ4n) is 3.94. The van der Waals surface area contributed by atoms with Crippen molar-refractivity contribution in [3.05, 3.63) is 23.8 Å². The van der Waals surface area contributed by atoms with Crippen LogP contribution in [-0.4, -0.2) is 34.5 Å². The van der Waals surface area contributed by atoms with Crippen LogP contribution < -0.4 is 0 Å². The van der Waals surface area contributed by atoms with Crippen LogP contribution in [0.4, 0.5) is 0 Å². The topological polar surface area (TPSA) is 0 Å². The Labute approximate surface area is 159 Å². The summed E-state index contributed by atoms with van der Waals surface area (Å²) in [7, 11) is 0.254. The molecule has 0 fully saturated rings. The molecule has 1 unspecified atom stereocenters. The van der Waals surface area contributed by atoms with Crippen LogP contribution in [0.3, 0.4) is 0 Å². The van der Waals surface area contributed by atoms with Crippen molar-refractivity contribution >= 4 is 15.8 Å². The monoisotopic (exact) mass is 399 g/mol. The Hall–Kier alpha value is 0.846. The minimum absolute atomic E-state index is 0. The van der Waals surface area contributed by atoms with Crippen LogP contribution in [0.1, 0.15) is 68.2 Å². The number of allylic oxidation sites excluding steroid dienone is 4. The van der Waals surface area contributed by atoms with Crippen LogP contribution >= 0.6 is 15.8 Å². The molecule has 0 aromatic heterocycles. The molecule has 0 nitrogen and oxygen atoms in total. The molecule has 3 heteroatoms. The molecule has 1 radical (unpaired) electrons. The number of hydrogen-bond donors (Lipinski definition) is 0. The fraction of sp³-hybridized carbons (Fsp3) is 0.800. The van der Waals surface area contributed by atoms with E-state index in [4.69, 9.17) is 0 Å². The standard InChI is InChI=1S/C20H38P2.Co/c1-15(2)21(16(3)4)14-13-20(19-11-9-10-12-19)22(17(5)6)18(7)8;/h9-11,15-18,20H,12-14H2,1-8H3;/q;+2. The summed E-state index contributed by atoms with van der Waals surface area (Å²) in [5.74, 6) is 0. The van der Waals surface area contributed by atoms with Gasteiger partial charge in [0.2, 0.25) is 0 Å². The Morgan fingerprint density at radius 1 is 0.870 bits per heavy atom. The molecule has 0 bridgehead atoms. The number of hydrogen-bond acceptors (Lipinski definition) is 0. The van der Waals surface area contributed by atoms with E-state index in [0.29, 0.717) is 0 Å². The second-order valence-corrected chi connectivity index (χ2v) is 14.9. The van der Waals surface area contributed by atoms with Gasteiger partial charge in [0, 0.05) is 5.66 Å². The average Bonchev–Trinajstić information content (AvgIpc) is 2.89. The molecule has 0 aromatic rings. The van der Waals surface area contributed by atoms with Crippen molar-refractivity contribution in [2.24, 2.45) is 0 Å². The molecule has 0 heterocycles. The van der Waals surface area contributed by atoms with Crippen molar-refractivity contribution < 1.29 is 16.8 Å². The first-order valence-corrected chi connectivity index (χ1v) is 12.4. The molecule has 135 valence electrons. The Kier molecular flexibility index (Phi) is 11.9. The van der Waals surface area contributed by atoms with Gasteiger partial charge in [0.05, 0.1) is 0 Å². The van der Waals surface area contributed by atoms with Gasteiger partial charge in [-0.05, 0) is 41.6 Å². The van der Waals surface area contributed by atoms with Gasteiger partial charge < -0.3 is 0 Å². The molecule has 1 atom stereocenters. The minimum Gasteiger partial charge on any atom is -0.101 e. The van der Waals surface area contributed by atoms with E-state index >= 15 is 0 Å². The van der Waals surface area contributed by atoms with Gasteiger partial charge in [0.1, 0.15) is 0 Å². The van der Waals surface area contributed by atoms with Crippen molar-refractivity contribution in [3.63, 3.8) is 0 Å². The van der Waals surface area contributed by atoms with Crippen molar-refractivity contribution in [2.75, 3.05) is 6.16 Å². The predicted octanol–water partition coefficient (Wildman–Crippen LogP) is 7.23. The zero-order valence-electron chi connectivity index (χ0n) is 16.5. The van der Waals surface area contributed by atoms with Crippen LogP contribution in [0.15, 0.2) is 23.8 Å². The smallest absolute Gasteiger partial charge is 0.101 e. The zero-order chi connectivity index (χ0) is 16.9. The predicted molar refractivity (Wildman–Crippen MR) is 109 cm³/mol. The molecule has 0 N–H and O–H groups in total. The molecule has 1 aliphatic rings. The van der Waals surface area contributed by atoms with Crippen LogP contribution in [-0.2, 0) is 16.8 Å². The Balaban J connectivity index is 0.00000484. The summed E-state index contributed by atoms with van der Waals surface area (Å²) >= 11 is 0. The molecule has 0 spiro atoms. The molecule has 1 aliphatic carbocycles. The second kappa shape index (κ2) is 11.5. The Morgan fingerprint density at radius 2 is 1.39 bits per heavy atom. The summed E-state index contributed by atoms with van der Waals surface area (Å²) in [5, 5.41) is 0. The van der Waals surface area contributed by atoms with E-state index in [2.05, 4.69) is 73.6 Å². The second-order valence-electron chi connectivity index (χ2n) is 7.74. The van der Waals surface area contributed by atoms with E-state index in [1.807, 2.05) is 0 Å². The van der Waals surface area contributed by atoms with Gasteiger partial charge in [0.15, 0.2) is 0 Å². The summed E-state index contributed by atoms with van der Waals surface area (Å²) < 4.78 is 0. The van der Waals surface area contributed by atoms with E-state index in [1.165, 1.54) is 19.0 Å². The van der Waals surface area contributed by atoms with E-state index < -0.39 is 0 Å². The third-order valence-electron chi connectivity index (χ3n) is 4.77. The van der Waals surface area contributed by atoms with E-state index in [-0.39, 0.29) is 32.6 Å². The SMILES string of the molecule is CC(C)P(CCC(C1=CC=CC1)P(C(C)C)C(C)C)C(C)C.[Co+2]. The molecule has 0 saturated heterocycles. The van der Waals surface area contributed by atoms with E-state index in [9.17, 15) is 0 Å². The van der Waals surface area contributed by atoms with Gasteiger partial charge in [-0.2, -0.15) is 0 Å². The van der Waals surface area contributed by atoms with Crippen molar-refractivity contribution in [1.29, 1.82) is 0 Å². The molecule has 0 aromatic carbocycles. The van der Waals surface area contributed by atoms with Gasteiger partial charge >= 0.3 is 16.8 Å². The van der Waals surface area contributed by atoms with Crippen molar-refractivity contribution in [1.82, 2.24) is 0 Å². The molecule has 0 aliphatic heterocycles. The fourth-order valence-corrected chi connectivity index (χ4v) is 10.6. The van der Waals surface area contributed by atoms with Gasteiger partial charge in [0.25, 0.3) is 0 Å². The van der Waals surface area contributed by atoms with Gasteiger partial charge in [-0.1, -0.05) is 87.1 Å². The minimum atomic E-state index is 0. The third-order valence-corrected chi connectivity index (χ3v) is 11.9. The molecular formula is C20H38CoP2+2. The van der Waals surface area contributed by atoms with Crippen LogP contribution in [0.5, 0.6) is 0 Å². The summed E-state index contributed by atoms with van der Waals surface area (Å²) in [6.45, 7) is 19.6. The maximum atomic E-state index is 2.45. The maximum Gasteiger partial charge on any atom is 2.00 e. The maximum absolute atomic E-state index is 2.45. The summed E-state index contributed by atoms with van der Waals surface area (Å²) in [4.78, 5) is 0. The quantitative estimate of drug-likeness (QED) is 0.359. The molecule has 1 rings (SSSR count). The zero-order valence-corrected chi connectivity index (χ0v) is 19.3. The Bertz CT molecular complexity index is 367. The van der Waals surface area contributed by atoms with Crippen molar-refractivity contribution in [3.8, 4) is 0 Å². The normalized spacial score (nSPS) is 16.2. The first kappa shape index (κ1) is 23.8. The van der Waals surface area contributed by atoms with Crippen molar-refractivity contribution in [2.45, 2.75) is 96.5 Å². The molecule has 0 amide bonds.